The molecule has 2 atom stereocenters. The highest BCUT2D eigenvalue weighted by atomic mass is 79.9. The third-order valence-electron chi connectivity index (χ3n) is 3.83. The zero-order valence-electron chi connectivity index (χ0n) is 11.6. The molecule has 1 fully saturated rings. The molecule has 5 heteroatoms. The van der Waals surface area contributed by atoms with Gasteiger partial charge in [0.1, 0.15) is 11.5 Å². The minimum Gasteiger partial charge on any atom is -0.496 e. The smallest absolute Gasteiger partial charge is 0.133 e. The molecule has 1 aliphatic heterocycles. The van der Waals surface area contributed by atoms with E-state index in [2.05, 4.69) is 33.9 Å². The molecule has 1 heterocycles. The molecule has 0 radical (unpaired) electrons. The molecular weight excluding hydrogens is 308 g/mol. The summed E-state index contributed by atoms with van der Waals surface area (Å²) in [7, 11) is 5.51. The molecule has 1 aromatic rings. The van der Waals surface area contributed by atoms with Gasteiger partial charge in [0.2, 0.25) is 0 Å². The molecule has 106 valence electrons. The van der Waals surface area contributed by atoms with E-state index in [1.54, 1.807) is 14.2 Å². The van der Waals surface area contributed by atoms with Crippen LogP contribution in [0.4, 0.5) is 0 Å². The zero-order chi connectivity index (χ0) is 14.0. The number of likely N-dealkylation sites (tertiary alicyclic amines) is 1. The standard InChI is InChI=1S/C14H21BrN2O2/c1-17-8-9(7-16)4-12(17)10-5-14(19-3)11(15)6-13(10)18-2/h5-6,9,12H,4,7-8,16H2,1-3H3. The van der Waals surface area contributed by atoms with Gasteiger partial charge in [-0.3, -0.25) is 4.90 Å². The fourth-order valence-electron chi connectivity index (χ4n) is 2.78. The maximum absolute atomic E-state index is 5.80. The average Bonchev–Trinajstić information content (AvgIpc) is 2.79. The van der Waals surface area contributed by atoms with E-state index in [4.69, 9.17) is 15.2 Å². The van der Waals surface area contributed by atoms with Crippen molar-refractivity contribution in [3.05, 3.63) is 22.2 Å². The van der Waals surface area contributed by atoms with Crippen molar-refractivity contribution in [2.45, 2.75) is 12.5 Å². The summed E-state index contributed by atoms with van der Waals surface area (Å²) in [6, 6.07) is 4.37. The first-order chi connectivity index (χ1) is 9.10. The molecule has 0 spiro atoms. The Morgan fingerprint density at radius 3 is 2.53 bits per heavy atom. The van der Waals surface area contributed by atoms with Crippen LogP contribution in [0.25, 0.3) is 0 Å². The summed E-state index contributed by atoms with van der Waals surface area (Å²) in [5, 5.41) is 0. The number of nitrogens with zero attached hydrogens (tertiary/aromatic N) is 1. The maximum atomic E-state index is 5.80. The van der Waals surface area contributed by atoms with Crippen molar-refractivity contribution in [1.82, 2.24) is 4.90 Å². The Morgan fingerprint density at radius 1 is 1.32 bits per heavy atom. The van der Waals surface area contributed by atoms with Crippen LogP contribution in [-0.4, -0.2) is 39.3 Å². The van der Waals surface area contributed by atoms with E-state index in [-0.39, 0.29) is 0 Å². The first-order valence-electron chi connectivity index (χ1n) is 6.42. The second kappa shape index (κ2) is 6.11. The lowest BCUT2D eigenvalue weighted by atomic mass is 9.99. The molecule has 1 aliphatic rings. The van der Waals surface area contributed by atoms with Crippen molar-refractivity contribution in [3.63, 3.8) is 0 Å². The van der Waals surface area contributed by atoms with Crippen LogP contribution in [0.2, 0.25) is 0 Å². The molecule has 2 unspecified atom stereocenters. The van der Waals surface area contributed by atoms with Crippen LogP contribution in [-0.2, 0) is 0 Å². The molecule has 19 heavy (non-hydrogen) atoms. The van der Waals surface area contributed by atoms with Crippen LogP contribution < -0.4 is 15.2 Å². The average molecular weight is 329 g/mol. The van der Waals surface area contributed by atoms with Crippen LogP contribution in [0, 0.1) is 5.92 Å². The Labute approximate surface area is 123 Å². The predicted molar refractivity (Wildman–Crippen MR) is 79.8 cm³/mol. The number of halogens is 1. The van der Waals surface area contributed by atoms with Crippen LogP contribution in [0.3, 0.4) is 0 Å². The van der Waals surface area contributed by atoms with E-state index >= 15 is 0 Å². The number of ether oxygens (including phenoxy) is 2. The van der Waals surface area contributed by atoms with Gasteiger partial charge >= 0.3 is 0 Å². The van der Waals surface area contributed by atoms with Crippen molar-refractivity contribution < 1.29 is 9.47 Å². The summed E-state index contributed by atoms with van der Waals surface area (Å²) in [5.74, 6) is 2.27. The van der Waals surface area contributed by atoms with E-state index in [0.29, 0.717) is 12.0 Å². The van der Waals surface area contributed by atoms with Gasteiger partial charge in [0.15, 0.2) is 0 Å². The summed E-state index contributed by atoms with van der Waals surface area (Å²) < 4.78 is 11.8. The first-order valence-corrected chi connectivity index (χ1v) is 7.21. The predicted octanol–water partition coefficient (Wildman–Crippen LogP) is 2.42. The van der Waals surface area contributed by atoms with Gasteiger partial charge in [-0.2, -0.15) is 0 Å². The van der Waals surface area contributed by atoms with Gasteiger partial charge < -0.3 is 15.2 Å². The molecule has 2 N–H and O–H groups in total. The van der Waals surface area contributed by atoms with Crippen LogP contribution in [0.1, 0.15) is 18.0 Å². The van der Waals surface area contributed by atoms with Gasteiger partial charge in [0, 0.05) is 18.2 Å². The van der Waals surface area contributed by atoms with Crippen molar-refractivity contribution >= 4 is 15.9 Å². The van der Waals surface area contributed by atoms with Crippen molar-refractivity contribution in [2.75, 3.05) is 34.4 Å². The zero-order valence-corrected chi connectivity index (χ0v) is 13.2. The molecule has 4 nitrogen and oxygen atoms in total. The van der Waals surface area contributed by atoms with Gasteiger partial charge in [-0.05, 0) is 54.0 Å². The Kier molecular flexibility index (Phi) is 4.71. The van der Waals surface area contributed by atoms with E-state index in [1.165, 1.54) is 5.56 Å². The Balaban J connectivity index is 2.38. The minimum atomic E-state index is 0.338. The fourth-order valence-corrected chi connectivity index (χ4v) is 3.27. The summed E-state index contributed by atoms with van der Waals surface area (Å²) in [6.45, 7) is 1.76. The van der Waals surface area contributed by atoms with Crippen LogP contribution in [0.5, 0.6) is 11.5 Å². The lowest BCUT2D eigenvalue weighted by Gasteiger charge is -2.23. The molecule has 0 saturated carbocycles. The number of benzene rings is 1. The number of methoxy groups -OCH3 is 2. The van der Waals surface area contributed by atoms with E-state index < -0.39 is 0 Å². The number of hydrogen-bond acceptors (Lipinski definition) is 4. The largest absolute Gasteiger partial charge is 0.496 e. The molecule has 1 saturated heterocycles. The van der Waals surface area contributed by atoms with E-state index in [0.717, 1.165) is 35.5 Å². The maximum Gasteiger partial charge on any atom is 0.133 e. The summed E-state index contributed by atoms with van der Waals surface area (Å²) in [5.41, 5.74) is 6.96. The minimum absolute atomic E-state index is 0.338. The van der Waals surface area contributed by atoms with Crippen molar-refractivity contribution in [3.8, 4) is 11.5 Å². The SMILES string of the molecule is COc1cc(C2CC(CN)CN2C)c(OC)cc1Br. The Hall–Kier alpha value is -0.780. The van der Waals surface area contributed by atoms with Crippen LogP contribution in [0.15, 0.2) is 16.6 Å². The van der Waals surface area contributed by atoms with Crippen LogP contribution >= 0.6 is 15.9 Å². The van der Waals surface area contributed by atoms with Gasteiger partial charge in [0.05, 0.1) is 18.7 Å². The van der Waals surface area contributed by atoms with Gasteiger partial charge in [-0.25, -0.2) is 0 Å². The lowest BCUT2D eigenvalue weighted by molar-refractivity contribution is 0.301. The Morgan fingerprint density at radius 2 is 2.00 bits per heavy atom. The summed E-state index contributed by atoms with van der Waals surface area (Å²) in [4.78, 5) is 2.34. The molecular formula is C14H21BrN2O2. The van der Waals surface area contributed by atoms with Crippen molar-refractivity contribution in [2.24, 2.45) is 11.7 Å². The third kappa shape index (κ3) is 2.88. The first kappa shape index (κ1) is 14.6. The quantitative estimate of drug-likeness (QED) is 0.922. The highest BCUT2D eigenvalue weighted by molar-refractivity contribution is 9.10. The summed E-state index contributed by atoms with van der Waals surface area (Å²) in [6.07, 6.45) is 1.06. The lowest BCUT2D eigenvalue weighted by Crippen LogP contribution is -2.20. The Bertz CT molecular complexity index is 453. The fraction of sp³-hybridized carbons (Fsp3) is 0.571. The summed E-state index contributed by atoms with van der Waals surface area (Å²) >= 11 is 3.49. The van der Waals surface area contributed by atoms with Crippen molar-refractivity contribution in [1.29, 1.82) is 0 Å². The molecule has 2 rings (SSSR count). The van der Waals surface area contributed by atoms with E-state index in [9.17, 15) is 0 Å². The highest BCUT2D eigenvalue weighted by Gasteiger charge is 2.32. The van der Waals surface area contributed by atoms with Gasteiger partial charge in [-0.1, -0.05) is 0 Å². The second-order valence-corrected chi connectivity index (χ2v) is 5.88. The molecule has 1 aromatic carbocycles. The topological polar surface area (TPSA) is 47.7 Å². The highest BCUT2D eigenvalue weighted by Crippen LogP contribution is 2.42. The third-order valence-corrected chi connectivity index (χ3v) is 4.45. The molecule has 0 aliphatic carbocycles. The van der Waals surface area contributed by atoms with Gasteiger partial charge in [0.25, 0.3) is 0 Å². The van der Waals surface area contributed by atoms with E-state index in [1.807, 2.05) is 6.07 Å². The monoisotopic (exact) mass is 328 g/mol. The molecule has 0 amide bonds. The molecule has 0 aromatic heterocycles. The second-order valence-electron chi connectivity index (χ2n) is 5.02. The van der Waals surface area contributed by atoms with Gasteiger partial charge in [-0.15, -0.1) is 0 Å². The number of nitrogens with two attached hydrogens (primary N) is 1. The normalized spacial score (nSPS) is 23.6. The molecule has 0 bridgehead atoms. The number of rotatable bonds is 4. The number of hydrogen-bond donors (Lipinski definition) is 1.